The number of aromatic nitrogens is 1. The summed E-state index contributed by atoms with van der Waals surface area (Å²) < 4.78 is 5.23. The predicted molar refractivity (Wildman–Crippen MR) is 120 cm³/mol. The SMILES string of the molecule is CCCCC(=CC=CC(=O)NCCCNc1cccnc1)c1ccc(OC)cc1. The molecule has 0 aliphatic rings. The quantitative estimate of drug-likeness (QED) is 0.308. The lowest BCUT2D eigenvalue weighted by atomic mass is 9.99. The van der Waals surface area contributed by atoms with E-state index in [9.17, 15) is 4.79 Å². The van der Waals surface area contributed by atoms with Gasteiger partial charge in [0, 0.05) is 31.6 Å². The second-order valence-corrected chi connectivity index (χ2v) is 6.70. The molecule has 1 aromatic carbocycles. The molecule has 0 aliphatic heterocycles. The number of pyridine rings is 1. The number of allylic oxidation sites excluding steroid dienone is 3. The van der Waals surface area contributed by atoms with Crippen molar-refractivity contribution in [2.75, 3.05) is 25.5 Å². The van der Waals surface area contributed by atoms with Crippen molar-refractivity contribution < 1.29 is 9.53 Å². The van der Waals surface area contributed by atoms with Crippen LogP contribution in [0.25, 0.3) is 5.57 Å². The fourth-order valence-electron chi connectivity index (χ4n) is 2.81. The number of hydrogen-bond donors (Lipinski definition) is 2. The average Bonchev–Trinajstić information content (AvgIpc) is 2.76. The van der Waals surface area contributed by atoms with Gasteiger partial charge in [-0.15, -0.1) is 0 Å². The Hall–Kier alpha value is -3.08. The molecule has 2 N–H and O–H groups in total. The van der Waals surface area contributed by atoms with Crippen LogP contribution >= 0.6 is 0 Å². The number of carbonyl (C=O) groups is 1. The minimum absolute atomic E-state index is 0.0767. The van der Waals surface area contributed by atoms with Crippen molar-refractivity contribution in [3.8, 4) is 5.75 Å². The number of carbonyl (C=O) groups excluding carboxylic acids is 1. The summed E-state index contributed by atoms with van der Waals surface area (Å²) in [5, 5.41) is 6.19. The molecule has 5 heteroatoms. The van der Waals surface area contributed by atoms with Gasteiger partial charge in [0.2, 0.25) is 5.91 Å². The van der Waals surface area contributed by atoms with E-state index < -0.39 is 0 Å². The van der Waals surface area contributed by atoms with Crippen LogP contribution in [0.4, 0.5) is 5.69 Å². The number of ether oxygens (including phenoxy) is 1. The summed E-state index contributed by atoms with van der Waals surface area (Å²) in [6, 6.07) is 11.9. The first-order valence-electron chi connectivity index (χ1n) is 10.2. The van der Waals surface area contributed by atoms with Crippen molar-refractivity contribution in [2.45, 2.75) is 32.6 Å². The van der Waals surface area contributed by atoms with E-state index in [0.29, 0.717) is 6.54 Å². The highest BCUT2D eigenvalue weighted by Crippen LogP contribution is 2.23. The lowest BCUT2D eigenvalue weighted by Crippen LogP contribution is -2.23. The molecule has 2 aromatic rings. The first-order valence-corrected chi connectivity index (χ1v) is 10.2. The molecule has 5 nitrogen and oxygen atoms in total. The molecule has 1 aromatic heterocycles. The molecule has 0 aliphatic carbocycles. The zero-order chi connectivity index (χ0) is 20.7. The van der Waals surface area contributed by atoms with Gasteiger partial charge in [-0.1, -0.05) is 37.6 Å². The van der Waals surface area contributed by atoms with E-state index in [2.05, 4.69) is 34.7 Å². The van der Waals surface area contributed by atoms with Crippen LogP contribution in [-0.4, -0.2) is 31.1 Å². The molecular weight excluding hydrogens is 362 g/mol. The Bertz CT molecular complexity index is 784. The van der Waals surface area contributed by atoms with Gasteiger partial charge >= 0.3 is 0 Å². The van der Waals surface area contributed by atoms with Crippen LogP contribution in [0.1, 0.15) is 38.2 Å². The third-order valence-electron chi connectivity index (χ3n) is 4.45. The van der Waals surface area contributed by atoms with Gasteiger partial charge in [-0.2, -0.15) is 0 Å². The van der Waals surface area contributed by atoms with Gasteiger partial charge in [-0.05, 0) is 54.7 Å². The Morgan fingerprint density at radius 1 is 1.14 bits per heavy atom. The number of anilines is 1. The van der Waals surface area contributed by atoms with Crippen molar-refractivity contribution in [1.29, 1.82) is 0 Å². The standard InChI is InChI=1S/C24H31N3O2/c1-3-4-8-20(21-12-14-23(29-2)15-13-21)9-5-11-24(28)27-18-7-17-26-22-10-6-16-25-19-22/h5-6,9-16,19,26H,3-4,7-8,17-18H2,1-2H3,(H,27,28). The fourth-order valence-corrected chi connectivity index (χ4v) is 2.81. The number of unbranched alkanes of at least 4 members (excludes halogenated alkanes) is 1. The molecule has 0 saturated carbocycles. The Kier molecular flexibility index (Phi) is 10.1. The molecular formula is C24H31N3O2. The van der Waals surface area contributed by atoms with Crippen molar-refractivity contribution in [2.24, 2.45) is 0 Å². The predicted octanol–water partition coefficient (Wildman–Crippen LogP) is 4.84. The second kappa shape index (κ2) is 13.2. The van der Waals surface area contributed by atoms with Crippen LogP contribution in [0.3, 0.4) is 0 Å². The monoisotopic (exact) mass is 393 g/mol. The molecule has 0 unspecified atom stereocenters. The van der Waals surface area contributed by atoms with Gasteiger partial charge in [-0.3, -0.25) is 9.78 Å². The van der Waals surface area contributed by atoms with E-state index >= 15 is 0 Å². The summed E-state index contributed by atoms with van der Waals surface area (Å²) in [4.78, 5) is 16.1. The largest absolute Gasteiger partial charge is 0.497 e. The van der Waals surface area contributed by atoms with E-state index in [-0.39, 0.29) is 5.91 Å². The summed E-state index contributed by atoms with van der Waals surface area (Å²) in [6.45, 7) is 3.59. The highest BCUT2D eigenvalue weighted by molar-refractivity contribution is 5.88. The molecule has 1 amide bonds. The number of nitrogens with one attached hydrogen (secondary N) is 2. The first kappa shape index (κ1) is 22.2. The maximum absolute atomic E-state index is 12.0. The van der Waals surface area contributed by atoms with Gasteiger partial charge in [-0.25, -0.2) is 0 Å². The third-order valence-corrected chi connectivity index (χ3v) is 4.45. The van der Waals surface area contributed by atoms with E-state index in [4.69, 9.17) is 4.74 Å². The molecule has 0 fully saturated rings. The Balaban J connectivity index is 1.79. The summed E-state index contributed by atoms with van der Waals surface area (Å²) in [5.41, 5.74) is 3.37. The van der Waals surface area contributed by atoms with Crippen LogP contribution in [0, 0.1) is 0 Å². The first-order chi connectivity index (χ1) is 14.2. The fraction of sp³-hybridized carbons (Fsp3) is 0.333. The molecule has 154 valence electrons. The minimum atomic E-state index is -0.0767. The molecule has 0 saturated heterocycles. The van der Waals surface area contributed by atoms with Crippen LogP contribution in [-0.2, 0) is 4.79 Å². The lowest BCUT2D eigenvalue weighted by molar-refractivity contribution is -0.116. The molecule has 2 rings (SSSR count). The molecule has 1 heterocycles. The Morgan fingerprint density at radius 2 is 1.97 bits per heavy atom. The van der Waals surface area contributed by atoms with Gasteiger partial charge in [0.1, 0.15) is 5.75 Å². The van der Waals surface area contributed by atoms with Crippen LogP contribution in [0.5, 0.6) is 5.75 Å². The van der Waals surface area contributed by atoms with Gasteiger partial charge in [0.15, 0.2) is 0 Å². The molecule has 0 bridgehead atoms. The van der Waals surface area contributed by atoms with Crippen molar-refractivity contribution >= 4 is 17.2 Å². The van der Waals surface area contributed by atoms with Crippen LogP contribution < -0.4 is 15.4 Å². The molecule has 0 atom stereocenters. The summed E-state index contributed by atoms with van der Waals surface area (Å²) in [5.74, 6) is 0.767. The third kappa shape index (κ3) is 8.64. The second-order valence-electron chi connectivity index (χ2n) is 6.70. The van der Waals surface area contributed by atoms with Crippen LogP contribution in [0.2, 0.25) is 0 Å². The maximum atomic E-state index is 12.0. The van der Waals surface area contributed by atoms with E-state index in [0.717, 1.165) is 49.2 Å². The van der Waals surface area contributed by atoms with Crippen molar-refractivity contribution in [3.05, 3.63) is 72.6 Å². The van der Waals surface area contributed by atoms with Crippen molar-refractivity contribution in [1.82, 2.24) is 10.3 Å². The highest BCUT2D eigenvalue weighted by Gasteiger charge is 2.02. The molecule has 0 spiro atoms. The number of methoxy groups -OCH3 is 1. The maximum Gasteiger partial charge on any atom is 0.243 e. The number of hydrogen-bond acceptors (Lipinski definition) is 4. The minimum Gasteiger partial charge on any atom is -0.497 e. The smallest absolute Gasteiger partial charge is 0.243 e. The number of amides is 1. The van der Waals surface area contributed by atoms with E-state index in [1.165, 1.54) is 5.57 Å². The van der Waals surface area contributed by atoms with Crippen molar-refractivity contribution in [3.63, 3.8) is 0 Å². The van der Waals surface area contributed by atoms with Gasteiger partial charge < -0.3 is 15.4 Å². The zero-order valence-electron chi connectivity index (χ0n) is 17.4. The summed E-state index contributed by atoms with van der Waals surface area (Å²) >= 11 is 0. The number of benzene rings is 1. The van der Waals surface area contributed by atoms with Gasteiger partial charge in [0.25, 0.3) is 0 Å². The van der Waals surface area contributed by atoms with E-state index in [1.807, 2.05) is 36.4 Å². The zero-order valence-corrected chi connectivity index (χ0v) is 17.4. The Morgan fingerprint density at radius 3 is 2.66 bits per heavy atom. The van der Waals surface area contributed by atoms with Gasteiger partial charge in [0.05, 0.1) is 12.8 Å². The number of nitrogens with zero attached hydrogens (tertiary/aromatic N) is 1. The lowest BCUT2D eigenvalue weighted by Gasteiger charge is -2.08. The molecule has 0 radical (unpaired) electrons. The highest BCUT2D eigenvalue weighted by atomic mass is 16.5. The topological polar surface area (TPSA) is 63.2 Å². The Labute approximate surface area is 173 Å². The average molecular weight is 394 g/mol. The van der Waals surface area contributed by atoms with E-state index in [1.54, 1.807) is 25.6 Å². The van der Waals surface area contributed by atoms with Crippen LogP contribution in [0.15, 0.2) is 67.0 Å². The summed E-state index contributed by atoms with van der Waals surface area (Å²) in [6.07, 6.45) is 13.0. The summed E-state index contributed by atoms with van der Waals surface area (Å²) in [7, 11) is 1.67. The number of rotatable bonds is 12. The normalized spacial score (nSPS) is 11.4. The molecule has 29 heavy (non-hydrogen) atoms.